The average molecular weight is 535 g/mol. The number of piperazine rings is 1. The molecule has 1 aliphatic heterocycles. The van der Waals surface area contributed by atoms with E-state index in [4.69, 9.17) is 9.40 Å². The van der Waals surface area contributed by atoms with E-state index in [1.54, 1.807) is 37.8 Å². The van der Waals surface area contributed by atoms with Crippen LogP contribution in [-0.2, 0) is 17.6 Å². The Morgan fingerprint density at radius 3 is 2.65 bits per heavy atom. The van der Waals surface area contributed by atoms with Gasteiger partial charge in [0.25, 0.3) is 11.5 Å². The summed E-state index contributed by atoms with van der Waals surface area (Å²) in [6.07, 6.45) is 4.47. The van der Waals surface area contributed by atoms with E-state index in [9.17, 15) is 14.4 Å². The van der Waals surface area contributed by atoms with Crippen molar-refractivity contribution in [3.63, 3.8) is 0 Å². The monoisotopic (exact) mass is 534 g/mol. The molecule has 0 radical (unpaired) electrons. The molecule has 1 aromatic carbocycles. The normalized spacial score (nSPS) is 15.4. The van der Waals surface area contributed by atoms with Gasteiger partial charge in [-0.2, -0.15) is 0 Å². The minimum absolute atomic E-state index is 0.0334. The van der Waals surface area contributed by atoms with Crippen molar-refractivity contribution >= 4 is 45.1 Å². The lowest BCUT2D eigenvalue weighted by molar-refractivity contribution is -0.129. The van der Waals surface area contributed by atoms with E-state index in [0.29, 0.717) is 37.1 Å². The van der Waals surface area contributed by atoms with Crippen LogP contribution >= 0.6 is 23.1 Å². The number of aromatic nitrogens is 2. The summed E-state index contributed by atoms with van der Waals surface area (Å²) in [6, 6.07) is 11.2. The van der Waals surface area contributed by atoms with Crippen molar-refractivity contribution in [2.75, 3.05) is 31.9 Å². The lowest BCUT2D eigenvalue weighted by atomic mass is 10.2. The molecule has 0 bridgehead atoms. The van der Waals surface area contributed by atoms with Gasteiger partial charge in [-0.25, -0.2) is 4.98 Å². The van der Waals surface area contributed by atoms with Gasteiger partial charge in [0, 0.05) is 31.1 Å². The Morgan fingerprint density at radius 1 is 1.08 bits per heavy atom. The van der Waals surface area contributed by atoms with E-state index >= 15 is 0 Å². The first kappa shape index (κ1) is 24.0. The maximum absolute atomic E-state index is 13.8. The first-order valence-electron chi connectivity index (χ1n) is 12.4. The summed E-state index contributed by atoms with van der Waals surface area (Å²) >= 11 is 2.90. The SMILES string of the molecule is Cc1cccc(-n2c(SCC(=O)N3CCN(C(=O)c4ccco4)CC3)nc3sc4c(c3c2=O)CCC4)c1. The summed E-state index contributed by atoms with van der Waals surface area (Å²) in [5.74, 6) is 0.287. The highest BCUT2D eigenvalue weighted by Gasteiger charge is 2.27. The van der Waals surface area contributed by atoms with Crippen LogP contribution in [0.2, 0.25) is 0 Å². The molecular weight excluding hydrogens is 508 g/mol. The molecule has 2 amide bonds. The van der Waals surface area contributed by atoms with Crippen LogP contribution in [0.25, 0.3) is 15.9 Å². The molecule has 4 aromatic rings. The molecule has 0 spiro atoms. The summed E-state index contributed by atoms with van der Waals surface area (Å²) < 4.78 is 6.88. The van der Waals surface area contributed by atoms with Gasteiger partial charge in [0.2, 0.25) is 5.91 Å². The highest BCUT2D eigenvalue weighted by molar-refractivity contribution is 7.99. The van der Waals surface area contributed by atoms with Crippen molar-refractivity contribution in [1.82, 2.24) is 19.4 Å². The second-order valence-corrected chi connectivity index (χ2v) is 11.4. The molecule has 2 aliphatic rings. The molecule has 1 aliphatic carbocycles. The Labute approximate surface area is 221 Å². The number of rotatable bonds is 5. The van der Waals surface area contributed by atoms with Gasteiger partial charge in [0.15, 0.2) is 10.9 Å². The molecule has 1 saturated heterocycles. The van der Waals surface area contributed by atoms with Gasteiger partial charge in [0.1, 0.15) is 4.83 Å². The summed E-state index contributed by atoms with van der Waals surface area (Å²) in [4.78, 5) is 49.8. The van der Waals surface area contributed by atoms with Crippen molar-refractivity contribution < 1.29 is 14.0 Å². The second kappa shape index (κ2) is 9.83. The van der Waals surface area contributed by atoms with Gasteiger partial charge in [-0.1, -0.05) is 23.9 Å². The first-order valence-corrected chi connectivity index (χ1v) is 14.2. The minimum Gasteiger partial charge on any atom is -0.459 e. The number of carbonyl (C=O) groups excluding carboxylic acids is 2. The molecule has 190 valence electrons. The number of fused-ring (bicyclic) bond motifs is 3. The zero-order chi connectivity index (χ0) is 25.5. The number of benzene rings is 1. The molecule has 4 heterocycles. The van der Waals surface area contributed by atoms with Crippen molar-refractivity contribution in [1.29, 1.82) is 0 Å². The second-order valence-electron chi connectivity index (χ2n) is 9.35. The smallest absolute Gasteiger partial charge is 0.289 e. The molecule has 3 aromatic heterocycles. The highest BCUT2D eigenvalue weighted by Crippen LogP contribution is 2.36. The maximum Gasteiger partial charge on any atom is 0.289 e. The zero-order valence-corrected chi connectivity index (χ0v) is 22.1. The molecule has 37 heavy (non-hydrogen) atoms. The molecule has 6 rings (SSSR count). The molecule has 0 saturated carbocycles. The fourth-order valence-electron chi connectivity index (χ4n) is 5.05. The van der Waals surface area contributed by atoms with Crippen molar-refractivity contribution in [3.8, 4) is 5.69 Å². The Balaban J connectivity index is 1.22. The van der Waals surface area contributed by atoms with Crippen LogP contribution < -0.4 is 5.56 Å². The van der Waals surface area contributed by atoms with Gasteiger partial charge < -0.3 is 14.2 Å². The largest absolute Gasteiger partial charge is 0.459 e. The number of carbonyl (C=O) groups is 2. The summed E-state index contributed by atoms with van der Waals surface area (Å²) in [6.45, 7) is 3.82. The van der Waals surface area contributed by atoms with Crippen molar-refractivity contribution in [2.24, 2.45) is 0 Å². The molecular formula is C27H26N4O4S2. The summed E-state index contributed by atoms with van der Waals surface area (Å²) in [5.41, 5.74) is 2.90. The van der Waals surface area contributed by atoms with Crippen LogP contribution in [0.15, 0.2) is 57.0 Å². The predicted octanol–water partition coefficient (Wildman–Crippen LogP) is 3.91. The van der Waals surface area contributed by atoms with E-state index in [2.05, 4.69) is 0 Å². The van der Waals surface area contributed by atoms with Crippen molar-refractivity contribution in [3.05, 3.63) is 74.8 Å². The topological polar surface area (TPSA) is 88.7 Å². The van der Waals surface area contributed by atoms with E-state index in [0.717, 1.165) is 46.3 Å². The summed E-state index contributed by atoms with van der Waals surface area (Å²) in [5, 5.41) is 1.26. The molecule has 10 heteroatoms. The van der Waals surface area contributed by atoms with E-state index < -0.39 is 0 Å². The quantitative estimate of drug-likeness (QED) is 0.285. The number of amides is 2. The zero-order valence-electron chi connectivity index (χ0n) is 20.4. The number of aryl methyl sites for hydroxylation is 3. The number of thioether (sulfide) groups is 1. The number of thiophene rings is 1. The van der Waals surface area contributed by atoms with Gasteiger partial charge >= 0.3 is 0 Å². The Hall–Kier alpha value is -3.37. The lowest BCUT2D eigenvalue weighted by Crippen LogP contribution is -2.51. The highest BCUT2D eigenvalue weighted by atomic mass is 32.2. The minimum atomic E-state index is -0.158. The van der Waals surface area contributed by atoms with Crippen LogP contribution in [0.5, 0.6) is 0 Å². The molecule has 0 atom stereocenters. The van der Waals surface area contributed by atoms with Crippen LogP contribution in [0.4, 0.5) is 0 Å². The maximum atomic E-state index is 13.8. The Kier molecular flexibility index (Phi) is 6.37. The lowest BCUT2D eigenvalue weighted by Gasteiger charge is -2.34. The number of nitrogens with zero attached hydrogens (tertiary/aromatic N) is 4. The number of hydrogen-bond donors (Lipinski definition) is 0. The third kappa shape index (κ3) is 4.48. The van der Waals surface area contributed by atoms with Crippen molar-refractivity contribution in [2.45, 2.75) is 31.3 Å². The Morgan fingerprint density at radius 2 is 1.89 bits per heavy atom. The fourth-order valence-corrected chi connectivity index (χ4v) is 7.27. The third-order valence-electron chi connectivity index (χ3n) is 6.94. The molecule has 0 unspecified atom stereocenters. The Bertz CT molecular complexity index is 1550. The van der Waals surface area contributed by atoms with Crippen LogP contribution in [0.3, 0.4) is 0 Å². The van der Waals surface area contributed by atoms with Crippen LogP contribution in [-0.4, -0.2) is 63.1 Å². The fraction of sp³-hybridized carbons (Fsp3) is 0.333. The van der Waals surface area contributed by atoms with Gasteiger partial charge in [-0.05, 0) is 61.6 Å². The molecule has 1 fully saturated rings. The number of hydrogen-bond acceptors (Lipinski definition) is 7. The predicted molar refractivity (Wildman–Crippen MR) is 144 cm³/mol. The first-order chi connectivity index (χ1) is 18.0. The average Bonchev–Trinajstić information content (AvgIpc) is 3.65. The van der Waals surface area contributed by atoms with E-state index in [1.807, 2.05) is 31.2 Å². The van der Waals surface area contributed by atoms with Gasteiger partial charge in [0.05, 0.1) is 23.1 Å². The standard InChI is InChI=1S/C27H26N4O4S2/c1-17-5-2-6-18(15-17)31-26(34)23-19-7-3-9-21(19)37-24(23)28-27(31)36-16-22(32)29-10-12-30(13-11-29)25(33)20-8-4-14-35-20/h2,4-6,8,14-15H,3,7,9-13,16H2,1H3. The third-order valence-corrected chi connectivity index (χ3v) is 9.05. The van der Waals surface area contributed by atoms with Gasteiger partial charge in [-0.3, -0.25) is 19.0 Å². The summed E-state index contributed by atoms with van der Waals surface area (Å²) in [7, 11) is 0. The van der Waals surface area contributed by atoms with E-state index in [-0.39, 0.29) is 23.1 Å². The molecule has 0 N–H and O–H groups in total. The van der Waals surface area contributed by atoms with Gasteiger partial charge in [-0.15, -0.1) is 11.3 Å². The van der Waals surface area contributed by atoms with Crippen LogP contribution in [0.1, 0.15) is 33.0 Å². The number of furan rings is 1. The van der Waals surface area contributed by atoms with E-state index in [1.165, 1.54) is 22.9 Å². The molecule has 8 nitrogen and oxygen atoms in total. The van der Waals surface area contributed by atoms with Crippen LogP contribution in [0, 0.1) is 6.92 Å².